The number of nitrogens with one attached hydrogen (secondary N) is 2. The third kappa shape index (κ3) is 9.39. The molecule has 0 spiro atoms. The molecular formula is C31H27F4N3O6S3. The Bertz CT molecular complexity index is 1780. The lowest BCUT2D eigenvalue weighted by Gasteiger charge is -2.20. The number of benzene rings is 2. The second-order valence-corrected chi connectivity index (χ2v) is 13.7. The first-order valence-electron chi connectivity index (χ1n) is 13.8. The van der Waals surface area contributed by atoms with Crippen molar-refractivity contribution in [1.82, 2.24) is 10.2 Å². The monoisotopic (exact) mass is 709 g/mol. The Kier molecular flexibility index (Phi) is 10.8. The summed E-state index contributed by atoms with van der Waals surface area (Å²) in [6.07, 6.45) is -4.22. The average molecular weight is 710 g/mol. The molecule has 1 aliphatic rings. The number of aromatic carboxylic acids is 1. The molecule has 3 amide bonds. The minimum absolute atomic E-state index is 0.0603. The molecule has 248 valence electrons. The lowest BCUT2D eigenvalue weighted by atomic mass is 10.0. The Morgan fingerprint density at radius 2 is 1.79 bits per heavy atom. The van der Waals surface area contributed by atoms with E-state index < -0.39 is 47.0 Å². The molecular weight excluding hydrogens is 683 g/mol. The van der Waals surface area contributed by atoms with Crippen LogP contribution >= 0.6 is 35.3 Å². The number of nitrogens with zero attached hydrogens (tertiary/aromatic N) is 1. The fourth-order valence-corrected chi connectivity index (χ4v) is 6.45. The SMILES string of the molecule is CC(C)(C)OC(=O)NCc1cc(C(=O)O)ccc1NC(=O)CCN1C(=O)C(=Cc2cc(-c3ccc(F)c(C(F)(F)F)c3)cs2)SC1=S. The second-order valence-electron chi connectivity index (χ2n) is 11.1. The maximum absolute atomic E-state index is 13.7. The minimum atomic E-state index is -4.85. The zero-order valence-corrected chi connectivity index (χ0v) is 27.4. The van der Waals surface area contributed by atoms with Gasteiger partial charge in [0.15, 0.2) is 0 Å². The average Bonchev–Trinajstić information content (AvgIpc) is 3.53. The number of rotatable bonds is 9. The topological polar surface area (TPSA) is 125 Å². The van der Waals surface area contributed by atoms with Crippen molar-refractivity contribution < 1.29 is 46.6 Å². The van der Waals surface area contributed by atoms with Crippen LogP contribution in [0.25, 0.3) is 17.2 Å². The van der Waals surface area contributed by atoms with E-state index in [4.69, 9.17) is 17.0 Å². The van der Waals surface area contributed by atoms with Crippen LogP contribution in [0.15, 0.2) is 52.7 Å². The number of amides is 3. The molecule has 0 unspecified atom stereocenters. The molecule has 4 rings (SSSR count). The Morgan fingerprint density at radius 3 is 2.45 bits per heavy atom. The van der Waals surface area contributed by atoms with E-state index in [0.29, 0.717) is 16.0 Å². The quantitative estimate of drug-likeness (QED) is 0.118. The third-order valence-electron chi connectivity index (χ3n) is 6.38. The molecule has 0 aliphatic carbocycles. The van der Waals surface area contributed by atoms with Crippen molar-refractivity contribution >= 4 is 75.3 Å². The summed E-state index contributed by atoms with van der Waals surface area (Å²) in [5.41, 5.74) is -1.06. The van der Waals surface area contributed by atoms with E-state index in [2.05, 4.69) is 10.6 Å². The number of hydrogen-bond donors (Lipinski definition) is 3. The smallest absolute Gasteiger partial charge is 0.419 e. The van der Waals surface area contributed by atoms with Crippen molar-refractivity contribution in [2.75, 3.05) is 11.9 Å². The number of thioether (sulfide) groups is 1. The van der Waals surface area contributed by atoms with Gasteiger partial charge in [-0.25, -0.2) is 14.0 Å². The highest BCUT2D eigenvalue weighted by atomic mass is 32.2. The van der Waals surface area contributed by atoms with Crippen LogP contribution in [0.5, 0.6) is 0 Å². The van der Waals surface area contributed by atoms with Gasteiger partial charge in [0.1, 0.15) is 15.7 Å². The van der Waals surface area contributed by atoms with Crippen LogP contribution in [0.4, 0.5) is 28.0 Å². The normalized spacial score (nSPS) is 14.4. The molecule has 9 nitrogen and oxygen atoms in total. The number of alkyl carbamates (subject to hydrolysis) is 1. The zero-order valence-electron chi connectivity index (χ0n) is 25.0. The number of ether oxygens (including phenoxy) is 1. The van der Waals surface area contributed by atoms with E-state index in [1.807, 2.05) is 0 Å². The van der Waals surface area contributed by atoms with Crippen molar-refractivity contribution in [3.8, 4) is 11.1 Å². The van der Waals surface area contributed by atoms with Crippen molar-refractivity contribution in [2.24, 2.45) is 0 Å². The van der Waals surface area contributed by atoms with Gasteiger partial charge in [0.2, 0.25) is 5.91 Å². The first-order chi connectivity index (χ1) is 21.9. The lowest BCUT2D eigenvalue weighted by molar-refractivity contribution is -0.140. The zero-order chi connectivity index (χ0) is 34.7. The van der Waals surface area contributed by atoms with Gasteiger partial charge in [-0.1, -0.05) is 30.0 Å². The van der Waals surface area contributed by atoms with E-state index in [1.54, 1.807) is 32.2 Å². The molecule has 16 heteroatoms. The number of carboxylic acid groups (broad SMARTS) is 1. The van der Waals surface area contributed by atoms with Gasteiger partial charge in [0.05, 0.1) is 16.0 Å². The number of thiophene rings is 1. The number of thiocarbonyl (C=S) groups is 1. The minimum Gasteiger partial charge on any atom is -0.478 e. The number of alkyl halides is 3. The van der Waals surface area contributed by atoms with Crippen LogP contribution in [0.1, 0.15) is 53.6 Å². The Hall–Kier alpha value is -4.28. The fraction of sp³-hybridized carbons (Fsp3) is 0.258. The van der Waals surface area contributed by atoms with E-state index in [1.165, 1.54) is 46.6 Å². The summed E-state index contributed by atoms with van der Waals surface area (Å²) in [5, 5.41) is 16.2. The summed E-state index contributed by atoms with van der Waals surface area (Å²) in [4.78, 5) is 51.6. The number of carboxylic acids is 1. The van der Waals surface area contributed by atoms with Gasteiger partial charge in [0, 0.05) is 30.1 Å². The first-order valence-corrected chi connectivity index (χ1v) is 15.9. The highest BCUT2D eigenvalue weighted by Gasteiger charge is 2.35. The summed E-state index contributed by atoms with van der Waals surface area (Å²) in [5.74, 6) is -3.54. The number of anilines is 1. The molecule has 47 heavy (non-hydrogen) atoms. The third-order valence-corrected chi connectivity index (χ3v) is 8.64. The van der Waals surface area contributed by atoms with E-state index in [9.17, 15) is 41.8 Å². The van der Waals surface area contributed by atoms with Gasteiger partial charge >= 0.3 is 18.2 Å². The number of hydrogen-bond acceptors (Lipinski definition) is 8. The van der Waals surface area contributed by atoms with Crippen molar-refractivity contribution in [1.29, 1.82) is 0 Å². The highest BCUT2D eigenvalue weighted by molar-refractivity contribution is 8.26. The Labute approximate surface area is 280 Å². The van der Waals surface area contributed by atoms with Gasteiger partial charge in [0.25, 0.3) is 5.91 Å². The molecule has 1 aliphatic heterocycles. The predicted molar refractivity (Wildman–Crippen MR) is 174 cm³/mol. The largest absolute Gasteiger partial charge is 0.478 e. The summed E-state index contributed by atoms with van der Waals surface area (Å²) < 4.78 is 58.6. The van der Waals surface area contributed by atoms with Crippen LogP contribution in [0.3, 0.4) is 0 Å². The van der Waals surface area contributed by atoms with Crippen molar-refractivity contribution in [3.63, 3.8) is 0 Å². The van der Waals surface area contributed by atoms with Gasteiger partial charge < -0.3 is 20.5 Å². The van der Waals surface area contributed by atoms with Gasteiger partial charge in [-0.2, -0.15) is 13.2 Å². The maximum atomic E-state index is 13.7. The number of carbonyl (C=O) groups excluding carboxylic acids is 3. The molecule has 1 aromatic heterocycles. The number of carbonyl (C=O) groups is 4. The fourth-order valence-electron chi connectivity index (χ4n) is 4.23. The summed E-state index contributed by atoms with van der Waals surface area (Å²) in [7, 11) is 0. The van der Waals surface area contributed by atoms with E-state index >= 15 is 0 Å². The molecule has 0 atom stereocenters. The van der Waals surface area contributed by atoms with Crippen LogP contribution in [-0.2, 0) is 27.0 Å². The van der Waals surface area contributed by atoms with E-state index in [0.717, 1.165) is 23.9 Å². The predicted octanol–water partition coefficient (Wildman–Crippen LogP) is 7.53. The second kappa shape index (κ2) is 14.2. The Balaban J connectivity index is 1.40. The van der Waals surface area contributed by atoms with Crippen LogP contribution in [-0.4, -0.2) is 50.3 Å². The van der Waals surface area contributed by atoms with Gasteiger partial charge in [-0.05, 0) is 85.3 Å². The summed E-state index contributed by atoms with van der Waals surface area (Å²) in [6.45, 7) is 4.84. The molecule has 0 saturated carbocycles. The maximum Gasteiger partial charge on any atom is 0.419 e. The lowest BCUT2D eigenvalue weighted by Crippen LogP contribution is -2.33. The molecule has 2 heterocycles. The molecule has 3 N–H and O–H groups in total. The summed E-state index contributed by atoms with van der Waals surface area (Å²) >= 11 is 7.51. The van der Waals surface area contributed by atoms with Crippen LogP contribution in [0.2, 0.25) is 0 Å². The molecule has 0 radical (unpaired) electrons. The Morgan fingerprint density at radius 1 is 1.06 bits per heavy atom. The highest BCUT2D eigenvalue weighted by Crippen LogP contribution is 2.37. The molecule has 2 aromatic carbocycles. The summed E-state index contributed by atoms with van der Waals surface area (Å²) in [6, 6.07) is 8.29. The number of halogens is 4. The molecule has 0 bridgehead atoms. The van der Waals surface area contributed by atoms with Crippen molar-refractivity contribution in [3.05, 3.63) is 80.1 Å². The standard InChI is InChI=1S/C31H27F4N3O6S3/c1-30(2,3)44-28(43)36-14-18-10-17(27(41)42)5-7-23(18)37-25(39)8-9-38-26(40)24(47-29(38)45)13-20-11-19(15-46-20)16-4-6-22(32)21(12-16)31(33,34)35/h4-7,10-13,15H,8-9,14H2,1-3H3,(H,36,43)(H,37,39)(H,41,42). The molecule has 1 fully saturated rings. The molecule has 1 saturated heterocycles. The van der Waals surface area contributed by atoms with Crippen molar-refractivity contribution in [2.45, 2.75) is 45.5 Å². The van der Waals surface area contributed by atoms with Gasteiger partial charge in [-0.3, -0.25) is 14.5 Å². The first kappa shape index (κ1) is 35.6. The van der Waals surface area contributed by atoms with Gasteiger partial charge in [-0.15, -0.1) is 11.3 Å². The van der Waals surface area contributed by atoms with Crippen LogP contribution < -0.4 is 10.6 Å². The molecule has 3 aromatic rings. The van der Waals surface area contributed by atoms with E-state index in [-0.39, 0.29) is 45.6 Å². The van der Waals surface area contributed by atoms with Crippen LogP contribution in [0, 0.1) is 5.82 Å².